The van der Waals surface area contributed by atoms with E-state index < -0.39 is 5.38 Å². The van der Waals surface area contributed by atoms with E-state index in [2.05, 4.69) is 9.55 Å². The highest BCUT2D eigenvalue weighted by molar-refractivity contribution is 6.30. The Labute approximate surface area is 116 Å². The van der Waals surface area contributed by atoms with Crippen LogP contribution in [0.3, 0.4) is 0 Å². The van der Waals surface area contributed by atoms with Crippen LogP contribution in [0.4, 0.5) is 0 Å². The van der Waals surface area contributed by atoms with Gasteiger partial charge in [0.2, 0.25) is 5.91 Å². The lowest BCUT2D eigenvalue weighted by molar-refractivity contribution is -0.132. The summed E-state index contributed by atoms with van der Waals surface area (Å²) < 4.78 is 2.07. The first-order valence-electron chi connectivity index (χ1n) is 6.23. The molecule has 0 radical (unpaired) electrons. The van der Waals surface area contributed by atoms with Crippen LogP contribution in [0.15, 0.2) is 42.7 Å². The molecule has 0 saturated heterocycles. The van der Waals surface area contributed by atoms with Gasteiger partial charge in [-0.05, 0) is 5.56 Å². The number of nitrogens with zero attached hydrogens (tertiary/aromatic N) is 3. The summed E-state index contributed by atoms with van der Waals surface area (Å²) in [6.07, 6.45) is 3.70. The van der Waals surface area contributed by atoms with E-state index in [1.165, 1.54) is 0 Å². The van der Waals surface area contributed by atoms with Gasteiger partial charge in [0.05, 0.1) is 6.54 Å². The Balaban J connectivity index is 1.75. The summed E-state index contributed by atoms with van der Waals surface area (Å²) in [6, 6.07) is 9.44. The topological polar surface area (TPSA) is 38.1 Å². The molecule has 3 rings (SSSR count). The van der Waals surface area contributed by atoms with Gasteiger partial charge in [-0.3, -0.25) is 4.79 Å². The second kappa shape index (κ2) is 5.05. The van der Waals surface area contributed by atoms with E-state index in [1.807, 2.05) is 36.5 Å². The summed E-state index contributed by atoms with van der Waals surface area (Å²) in [5.74, 6) is 0.860. The number of carbonyl (C=O) groups is 1. The molecule has 0 fully saturated rings. The molecule has 0 aliphatic carbocycles. The summed E-state index contributed by atoms with van der Waals surface area (Å²) in [7, 11) is 0. The highest BCUT2D eigenvalue weighted by Gasteiger charge is 2.27. The first-order chi connectivity index (χ1) is 9.25. The van der Waals surface area contributed by atoms with Gasteiger partial charge in [-0.25, -0.2) is 4.98 Å². The molecule has 1 atom stereocenters. The van der Waals surface area contributed by atoms with Crippen molar-refractivity contribution in [3.8, 4) is 0 Å². The molecule has 2 aromatic rings. The Morgan fingerprint density at radius 2 is 2.05 bits per heavy atom. The lowest BCUT2D eigenvalue weighted by Gasteiger charge is -2.29. The number of halogens is 1. The van der Waals surface area contributed by atoms with Crippen molar-refractivity contribution >= 4 is 17.5 Å². The van der Waals surface area contributed by atoms with Crippen molar-refractivity contribution in [2.24, 2.45) is 0 Å². The number of hydrogen-bond acceptors (Lipinski definition) is 2. The van der Waals surface area contributed by atoms with Crippen LogP contribution in [-0.4, -0.2) is 26.9 Å². The molecule has 1 aliphatic heterocycles. The third kappa shape index (κ3) is 2.36. The zero-order valence-electron chi connectivity index (χ0n) is 10.4. The molecule has 1 aromatic heterocycles. The number of benzene rings is 1. The smallest absolute Gasteiger partial charge is 0.245 e. The molecule has 4 nitrogen and oxygen atoms in total. The molecule has 1 unspecified atom stereocenters. The largest absolute Gasteiger partial charge is 0.332 e. The van der Waals surface area contributed by atoms with Gasteiger partial charge in [0, 0.05) is 25.5 Å². The molecular weight excluding hydrogens is 262 g/mol. The summed E-state index contributed by atoms with van der Waals surface area (Å²) in [6.45, 7) is 1.99. The van der Waals surface area contributed by atoms with E-state index in [0.717, 1.165) is 17.9 Å². The molecular formula is C14H14ClN3O. The summed E-state index contributed by atoms with van der Waals surface area (Å²) in [5, 5.41) is -0.622. The van der Waals surface area contributed by atoms with E-state index in [-0.39, 0.29) is 5.91 Å². The number of amides is 1. The molecule has 19 heavy (non-hydrogen) atoms. The Bertz CT molecular complexity index is 581. The fourth-order valence-electron chi connectivity index (χ4n) is 2.29. The lowest BCUT2D eigenvalue weighted by Crippen LogP contribution is -2.39. The van der Waals surface area contributed by atoms with Gasteiger partial charge in [-0.15, -0.1) is 11.6 Å². The lowest BCUT2D eigenvalue weighted by atomic mass is 10.1. The molecule has 5 heteroatoms. The van der Waals surface area contributed by atoms with E-state index in [4.69, 9.17) is 11.6 Å². The highest BCUT2D eigenvalue weighted by atomic mass is 35.5. The second-order valence-electron chi connectivity index (χ2n) is 4.57. The predicted molar refractivity (Wildman–Crippen MR) is 72.7 cm³/mol. The van der Waals surface area contributed by atoms with Crippen LogP contribution in [0.25, 0.3) is 0 Å². The monoisotopic (exact) mass is 275 g/mol. The zero-order chi connectivity index (χ0) is 13.2. The summed E-state index contributed by atoms with van der Waals surface area (Å²) >= 11 is 6.27. The van der Waals surface area contributed by atoms with Crippen LogP contribution in [0.1, 0.15) is 16.8 Å². The van der Waals surface area contributed by atoms with Crippen LogP contribution in [0.5, 0.6) is 0 Å². The SMILES string of the molecule is O=C(C(Cl)c1ccccc1)N1CCn2ccnc2C1. The molecule has 1 aromatic carbocycles. The van der Waals surface area contributed by atoms with Crippen molar-refractivity contribution in [2.75, 3.05) is 6.54 Å². The minimum atomic E-state index is -0.622. The van der Waals surface area contributed by atoms with E-state index in [9.17, 15) is 4.79 Å². The minimum Gasteiger partial charge on any atom is -0.332 e. The molecule has 98 valence electrons. The molecule has 1 aliphatic rings. The van der Waals surface area contributed by atoms with Gasteiger partial charge in [-0.2, -0.15) is 0 Å². The van der Waals surface area contributed by atoms with Crippen molar-refractivity contribution in [1.29, 1.82) is 0 Å². The van der Waals surface area contributed by atoms with E-state index in [0.29, 0.717) is 13.1 Å². The number of rotatable bonds is 2. The normalized spacial score (nSPS) is 15.9. The van der Waals surface area contributed by atoms with Crippen molar-refractivity contribution in [3.63, 3.8) is 0 Å². The average Bonchev–Trinajstić information content (AvgIpc) is 2.94. The van der Waals surface area contributed by atoms with Crippen LogP contribution < -0.4 is 0 Å². The third-order valence-corrected chi connectivity index (χ3v) is 3.80. The number of fused-ring (bicyclic) bond motifs is 1. The maximum absolute atomic E-state index is 12.4. The van der Waals surface area contributed by atoms with Crippen LogP contribution in [0.2, 0.25) is 0 Å². The van der Waals surface area contributed by atoms with Crippen LogP contribution in [-0.2, 0) is 17.9 Å². The molecule has 2 heterocycles. The number of aromatic nitrogens is 2. The maximum Gasteiger partial charge on any atom is 0.245 e. The van der Waals surface area contributed by atoms with E-state index in [1.54, 1.807) is 11.1 Å². The molecule has 0 spiro atoms. The zero-order valence-corrected chi connectivity index (χ0v) is 11.1. The van der Waals surface area contributed by atoms with Gasteiger partial charge in [0.25, 0.3) is 0 Å². The number of alkyl halides is 1. The first-order valence-corrected chi connectivity index (χ1v) is 6.67. The fraction of sp³-hybridized carbons (Fsp3) is 0.286. The Morgan fingerprint density at radius 1 is 1.26 bits per heavy atom. The van der Waals surface area contributed by atoms with Gasteiger partial charge >= 0.3 is 0 Å². The fourth-order valence-corrected chi connectivity index (χ4v) is 2.57. The van der Waals surface area contributed by atoms with Crippen molar-refractivity contribution in [3.05, 3.63) is 54.1 Å². The Hall–Kier alpha value is -1.81. The van der Waals surface area contributed by atoms with Crippen molar-refractivity contribution in [1.82, 2.24) is 14.5 Å². The molecule has 0 N–H and O–H groups in total. The summed E-state index contributed by atoms with van der Waals surface area (Å²) in [4.78, 5) is 18.4. The highest BCUT2D eigenvalue weighted by Crippen LogP contribution is 2.24. The van der Waals surface area contributed by atoms with Crippen LogP contribution in [0, 0.1) is 0 Å². The molecule has 0 saturated carbocycles. The number of hydrogen-bond donors (Lipinski definition) is 0. The number of carbonyl (C=O) groups excluding carboxylic acids is 1. The second-order valence-corrected chi connectivity index (χ2v) is 5.01. The van der Waals surface area contributed by atoms with Crippen molar-refractivity contribution < 1.29 is 4.79 Å². The van der Waals surface area contributed by atoms with Crippen molar-refractivity contribution in [2.45, 2.75) is 18.5 Å². The Kier molecular flexibility index (Phi) is 3.25. The molecule has 1 amide bonds. The Morgan fingerprint density at radius 3 is 2.84 bits per heavy atom. The number of imidazole rings is 1. The van der Waals surface area contributed by atoms with E-state index >= 15 is 0 Å². The minimum absolute atomic E-state index is 0.0536. The van der Waals surface area contributed by atoms with Gasteiger partial charge in [0.15, 0.2) is 0 Å². The first kappa shape index (κ1) is 12.2. The van der Waals surface area contributed by atoms with Gasteiger partial charge in [0.1, 0.15) is 11.2 Å². The standard InChI is InChI=1S/C14H14ClN3O/c15-13(11-4-2-1-3-5-11)14(19)18-9-8-17-7-6-16-12(17)10-18/h1-7,13H,8-10H2. The average molecular weight is 276 g/mol. The third-order valence-electron chi connectivity index (χ3n) is 3.37. The quantitative estimate of drug-likeness (QED) is 0.788. The maximum atomic E-state index is 12.4. The van der Waals surface area contributed by atoms with Gasteiger partial charge < -0.3 is 9.47 Å². The van der Waals surface area contributed by atoms with Gasteiger partial charge in [-0.1, -0.05) is 30.3 Å². The molecule has 0 bridgehead atoms. The summed E-state index contributed by atoms with van der Waals surface area (Å²) in [5.41, 5.74) is 0.836. The predicted octanol–water partition coefficient (Wildman–Crippen LogP) is 2.21. The van der Waals surface area contributed by atoms with Crippen LogP contribution >= 0.6 is 11.6 Å².